The lowest BCUT2D eigenvalue weighted by Gasteiger charge is -1.98. The molecule has 0 saturated heterocycles. The van der Waals surface area contributed by atoms with Crippen LogP contribution in [0.3, 0.4) is 0 Å². The van der Waals surface area contributed by atoms with Crippen LogP contribution in [0, 0.1) is 11.6 Å². The lowest BCUT2D eigenvalue weighted by Crippen LogP contribution is -2.02. The van der Waals surface area contributed by atoms with Gasteiger partial charge < -0.3 is 4.74 Å². The molecule has 0 bridgehead atoms. The standard InChI is InChI=1S/C14H9F2N3O2S/c1-21-13(20)12-7-22-14(17-12)19-5-4-11(18-19)8-2-3-9(15)10(16)6-8/h2-7H,1H3. The molecule has 2 heterocycles. The van der Waals surface area contributed by atoms with Crippen LogP contribution < -0.4 is 0 Å². The molecule has 0 N–H and O–H groups in total. The maximum Gasteiger partial charge on any atom is 0.357 e. The maximum atomic E-state index is 13.3. The zero-order valence-corrected chi connectivity index (χ0v) is 12.1. The van der Waals surface area contributed by atoms with Crippen molar-refractivity contribution in [1.82, 2.24) is 14.8 Å². The van der Waals surface area contributed by atoms with E-state index >= 15 is 0 Å². The first-order valence-corrected chi connectivity index (χ1v) is 7.02. The number of rotatable bonds is 3. The summed E-state index contributed by atoms with van der Waals surface area (Å²) in [6.45, 7) is 0. The minimum Gasteiger partial charge on any atom is -0.464 e. The number of methoxy groups -OCH3 is 1. The van der Waals surface area contributed by atoms with Gasteiger partial charge in [-0.1, -0.05) is 0 Å². The molecule has 0 aliphatic carbocycles. The highest BCUT2D eigenvalue weighted by Gasteiger charge is 2.13. The molecule has 2 aromatic heterocycles. The Balaban J connectivity index is 1.91. The van der Waals surface area contributed by atoms with Crippen molar-refractivity contribution in [3.63, 3.8) is 0 Å². The van der Waals surface area contributed by atoms with Crippen LogP contribution in [-0.2, 0) is 4.74 Å². The van der Waals surface area contributed by atoms with E-state index in [-0.39, 0.29) is 5.69 Å². The van der Waals surface area contributed by atoms with Crippen molar-refractivity contribution < 1.29 is 18.3 Å². The number of benzene rings is 1. The number of hydrogen-bond acceptors (Lipinski definition) is 5. The summed E-state index contributed by atoms with van der Waals surface area (Å²) in [5.41, 5.74) is 1.10. The molecule has 0 spiro atoms. The molecule has 112 valence electrons. The third-order valence-electron chi connectivity index (χ3n) is 2.89. The number of esters is 1. The van der Waals surface area contributed by atoms with Crippen LogP contribution in [0.5, 0.6) is 0 Å². The highest BCUT2D eigenvalue weighted by Crippen LogP contribution is 2.22. The Morgan fingerprint density at radius 2 is 2.09 bits per heavy atom. The fourth-order valence-electron chi connectivity index (χ4n) is 1.81. The Labute approximate surface area is 127 Å². The highest BCUT2D eigenvalue weighted by atomic mass is 32.1. The van der Waals surface area contributed by atoms with Crippen molar-refractivity contribution in [2.45, 2.75) is 0 Å². The Bertz CT molecular complexity index is 844. The van der Waals surface area contributed by atoms with Gasteiger partial charge in [-0.3, -0.25) is 0 Å². The van der Waals surface area contributed by atoms with Gasteiger partial charge in [0.2, 0.25) is 5.13 Å². The third kappa shape index (κ3) is 2.60. The zero-order valence-electron chi connectivity index (χ0n) is 11.3. The topological polar surface area (TPSA) is 57.0 Å². The van der Waals surface area contributed by atoms with E-state index in [4.69, 9.17) is 0 Å². The number of hydrogen-bond donors (Lipinski definition) is 0. The van der Waals surface area contributed by atoms with Crippen molar-refractivity contribution in [1.29, 1.82) is 0 Å². The van der Waals surface area contributed by atoms with Crippen LogP contribution in [0.2, 0.25) is 0 Å². The molecule has 0 saturated carbocycles. The van der Waals surface area contributed by atoms with Crippen LogP contribution in [0.25, 0.3) is 16.4 Å². The predicted molar refractivity (Wildman–Crippen MR) is 75.9 cm³/mol. The van der Waals surface area contributed by atoms with Crippen LogP contribution in [0.15, 0.2) is 35.8 Å². The van der Waals surface area contributed by atoms with E-state index in [0.717, 1.165) is 12.1 Å². The fraction of sp³-hybridized carbons (Fsp3) is 0.0714. The Morgan fingerprint density at radius 1 is 1.27 bits per heavy atom. The van der Waals surface area contributed by atoms with Crippen molar-refractivity contribution in [2.24, 2.45) is 0 Å². The molecule has 1 aromatic carbocycles. The van der Waals surface area contributed by atoms with E-state index in [9.17, 15) is 13.6 Å². The van der Waals surface area contributed by atoms with Crippen LogP contribution >= 0.6 is 11.3 Å². The Hall–Kier alpha value is -2.61. The monoisotopic (exact) mass is 321 g/mol. The van der Waals surface area contributed by atoms with E-state index in [1.54, 1.807) is 17.6 Å². The lowest BCUT2D eigenvalue weighted by atomic mass is 10.1. The SMILES string of the molecule is COC(=O)c1csc(-n2ccc(-c3ccc(F)c(F)c3)n2)n1. The second-order valence-corrected chi connectivity index (χ2v) is 5.12. The molecule has 0 aliphatic rings. The number of halogens is 2. The maximum absolute atomic E-state index is 13.3. The van der Waals surface area contributed by atoms with E-state index in [0.29, 0.717) is 16.4 Å². The number of nitrogens with zero attached hydrogens (tertiary/aromatic N) is 3. The van der Waals surface area contributed by atoms with Gasteiger partial charge in [0.25, 0.3) is 0 Å². The zero-order chi connectivity index (χ0) is 15.7. The average molecular weight is 321 g/mol. The molecule has 0 amide bonds. The molecule has 22 heavy (non-hydrogen) atoms. The van der Waals surface area contributed by atoms with Gasteiger partial charge in [0.05, 0.1) is 12.8 Å². The quantitative estimate of drug-likeness (QED) is 0.696. The molecule has 0 aliphatic heterocycles. The number of thiazole rings is 1. The highest BCUT2D eigenvalue weighted by molar-refractivity contribution is 7.12. The number of carbonyl (C=O) groups is 1. The van der Waals surface area contributed by atoms with Gasteiger partial charge in [-0.15, -0.1) is 11.3 Å². The number of carbonyl (C=O) groups excluding carboxylic acids is 1. The molecule has 0 radical (unpaired) electrons. The third-order valence-corrected chi connectivity index (χ3v) is 3.72. The minimum atomic E-state index is -0.936. The minimum absolute atomic E-state index is 0.187. The molecule has 3 aromatic rings. The summed E-state index contributed by atoms with van der Waals surface area (Å²) in [4.78, 5) is 15.5. The molecular weight excluding hydrogens is 312 g/mol. The van der Waals surface area contributed by atoms with Crippen molar-refractivity contribution in [3.8, 4) is 16.4 Å². The average Bonchev–Trinajstić information content (AvgIpc) is 3.17. The van der Waals surface area contributed by atoms with E-state index in [1.165, 1.54) is 29.2 Å². The first-order valence-electron chi connectivity index (χ1n) is 6.14. The molecule has 8 heteroatoms. The molecule has 0 unspecified atom stereocenters. The Kier molecular flexibility index (Phi) is 3.68. The van der Waals surface area contributed by atoms with Crippen LogP contribution in [0.4, 0.5) is 8.78 Å². The lowest BCUT2D eigenvalue weighted by molar-refractivity contribution is 0.0595. The van der Waals surface area contributed by atoms with E-state index in [2.05, 4.69) is 14.8 Å². The van der Waals surface area contributed by atoms with Gasteiger partial charge in [-0.05, 0) is 24.3 Å². The molecule has 5 nitrogen and oxygen atoms in total. The molecule has 0 fully saturated rings. The predicted octanol–water partition coefficient (Wildman–Crippen LogP) is 3.06. The summed E-state index contributed by atoms with van der Waals surface area (Å²) in [6, 6.07) is 5.20. The normalized spacial score (nSPS) is 10.7. The molecule has 3 rings (SSSR count). The second kappa shape index (κ2) is 5.64. The van der Waals surface area contributed by atoms with Crippen LogP contribution in [-0.4, -0.2) is 27.8 Å². The van der Waals surface area contributed by atoms with Crippen molar-refractivity contribution in [2.75, 3.05) is 7.11 Å². The van der Waals surface area contributed by atoms with Gasteiger partial charge in [-0.25, -0.2) is 23.2 Å². The smallest absolute Gasteiger partial charge is 0.357 e. The second-order valence-electron chi connectivity index (χ2n) is 4.28. The summed E-state index contributed by atoms with van der Waals surface area (Å²) in [6.07, 6.45) is 1.62. The summed E-state index contributed by atoms with van der Waals surface area (Å²) in [5.74, 6) is -2.38. The first kappa shape index (κ1) is 14.3. The summed E-state index contributed by atoms with van der Waals surface area (Å²) in [5, 5.41) is 6.27. The van der Waals surface area contributed by atoms with Crippen LogP contribution in [0.1, 0.15) is 10.5 Å². The molecular formula is C14H9F2N3O2S. The van der Waals surface area contributed by atoms with Gasteiger partial charge in [-0.2, -0.15) is 5.10 Å². The summed E-state index contributed by atoms with van der Waals surface area (Å²) >= 11 is 1.21. The van der Waals surface area contributed by atoms with E-state index in [1.807, 2.05) is 0 Å². The summed E-state index contributed by atoms with van der Waals surface area (Å²) in [7, 11) is 1.27. The summed E-state index contributed by atoms with van der Waals surface area (Å²) < 4.78 is 32.2. The van der Waals surface area contributed by atoms with Crippen molar-refractivity contribution >= 4 is 17.3 Å². The van der Waals surface area contributed by atoms with E-state index < -0.39 is 17.6 Å². The number of aromatic nitrogens is 3. The van der Waals surface area contributed by atoms with Gasteiger partial charge in [0.15, 0.2) is 17.3 Å². The molecule has 0 atom stereocenters. The first-order chi connectivity index (χ1) is 10.6. The van der Waals surface area contributed by atoms with Gasteiger partial charge in [0.1, 0.15) is 0 Å². The fourth-order valence-corrected chi connectivity index (χ4v) is 2.53. The number of ether oxygens (including phenoxy) is 1. The Morgan fingerprint density at radius 3 is 2.82 bits per heavy atom. The van der Waals surface area contributed by atoms with Gasteiger partial charge >= 0.3 is 5.97 Å². The van der Waals surface area contributed by atoms with Gasteiger partial charge in [0, 0.05) is 17.1 Å². The van der Waals surface area contributed by atoms with Crippen molar-refractivity contribution in [3.05, 3.63) is 53.2 Å². The largest absolute Gasteiger partial charge is 0.464 e.